The summed E-state index contributed by atoms with van der Waals surface area (Å²) in [7, 11) is -4.31. The average molecular weight is 342 g/mol. The van der Waals surface area contributed by atoms with Crippen LogP contribution in [0, 0.1) is 13.8 Å². The van der Waals surface area contributed by atoms with Gasteiger partial charge in [0.15, 0.2) is 9.96 Å². The fourth-order valence-corrected chi connectivity index (χ4v) is 3.80. The summed E-state index contributed by atoms with van der Waals surface area (Å²) in [6, 6.07) is 7.16. The molecule has 0 aliphatic carbocycles. The van der Waals surface area contributed by atoms with Crippen LogP contribution in [-0.4, -0.2) is 19.6 Å². The molecule has 0 fully saturated rings. The highest BCUT2D eigenvalue weighted by Crippen LogP contribution is 2.37. The quantitative estimate of drug-likeness (QED) is 0.805. The molecule has 2 aromatic rings. The summed E-state index contributed by atoms with van der Waals surface area (Å²) in [5.41, 5.74) is 1.88. The third-order valence-corrected chi connectivity index (χ3v) is 5.30. The number of hydrogen-bond acceptors (Lipinski definition) is 5. The molecule has 0 atom stereocenters. The molecular weight excluding hydrogens is 324 g/mol. The van der Waals surface area contributed by atoms with Crippen molar-refractivity contribution in [2.24, 2.45) is 0 Å². The molecule has 5 nitrogen and oxygen atoms in total. The molecule has 0 aliphatic heterocycles. The highest BCUT2D eigenvalue weighted by molar-refractivity contribution is 7.88. The Morgan fingerprint density at radius 3 is 2.55 bits per heavy atom. The first kappa shape index (κ1) is 17.0. The average Bonchev–Trinajstić information content (AvgIpc) is 2.80. The van der Waals surface area contributed by atoms with E-state index < -0.39 is 10.1 Å². The van der Waals surface area contributed by atoms with Crippen molar-refractivity contribution < 1.29 is 22.4 Å². The smallest absolute Gasteiger partial charge is 0.307 e. The molecule has 0 aliphatic rings. The van der Waals surface area contributed by atoms with Crippen molar-refractivity contribution in [1.82, 2.24) is 0 Å². The Balaban J connectivity index is 2.39. The number of benzene rings is 1. The molecule has 0 bridgehead atoms. The van der Waals surface area contributed by atoms with Crippen LogP contribution in [0.15, 0.2) is 28.5 Å². The third-order valence-electron chi connectivity index (χ3n) is 2.92. The number of ether oxygens (including phenoxy) is 2. The van der Waals surface area contributed by atoms with Crippen LogP contribution in [-0.2, 0) is 21.5 Å². The van der Waals surface area contributed by atoms with Crippen LogP contribution in [0.5, 0.6) is 11.5 Å². The van der Waals surface area contributed by atoms with Gasteiger partial charge in [-0.15, -0.1) is 11.3 Å². The van der Waals surface area contributed by atoms with Gasteiger partial charge in [-0.1, -0.05) is 17.7 Å². The Hall–Kier alpha value is -1.41. The Kier molecular flexibility index (Phi) is 5.23. The standard InChI is InChI=1S/C15H18O5S2/c1-4-19-9-12-7-10(2)5-6-13(12)20-14-8-11(3)21-15(14)22(16,17)18/h5-8H,4,9H2,1-3H3,(H,16,17,18). The van der Waals surface area contributed by atoms with Crippen molar-refractivity contribution in [2.75, 3.05) is 6.61 Å². The molecule has 1 heterocycles. The molecule has 0 radical (unpaired) electrons. The lowest BCUT2D eigenvalue weighted by atomic mass is 10.1. The summed E-state index contributed by atoms with van der Waals surface area (Å²) in [5.74, 6) is 0.647. The molecule has 0 saturated carbocycles. The highest BCUT2D eigenvalue weighted by Gasteiger charge is 2.21. The topological polar surface area (TPSA) is 72.8 Å². The van der Waals surface area contributed by atoms with E-state index in [1.165, 1.54) is 0 Å². The molecule has 0 saturated heterocycles. The van der Waals surface area contributed by atoms with Gasteiger partial charge in [-0.3, -0.25) is 4.55 Å². The monoisotopic (exact) mass is 342 g/mol. The summed E-state index contributed by atoms with van der Waals surface area (Å²) in [4.78, 5) is 0.737. The van der Waals surface area contributed by atoms with Crippen molar-refractivity contribution in [3.63, 3.8) is 0 Å². The lowest BCUT2D eigenvalue weighted by molar-refractivity contribution is 0.132. The maximum atomic E-state index is 11.4. The fourth-order valence-electron chi connectivity index (χ4n) is 1.97. The van der Waals surface area contributed by atoms with E-state index >= 15 is 0 Å². The maximum absolute atomic E-state index is 11.4. The zero-order chi connectivity index (χ0) is 16.3. The van der Waals surface area contributed by atoms with Crippen molar-refractivity contribution in [3.8, 4) is 11.5 Å². The van der Waals surface area contributed by atoms with E-state index in [0.29, 0.717) is 19.0 Å². The predicted octanol–water partition coefficient (Wildman–Crippen LogP) is 3.94. The van der Waals surface area contributed by atoms with Gasteiger partial charge in [-0.05, 0) is 32.9 Å². The Bertz CT molecular complexity index is 762. The summed E-state index contributed by atoms with van der Waals surface area (Å²) in [6.07, 6.45) is 0. The van der Waals surface area contributed by atoms with Gasteiger partial charge in [-0.25, -0.2) is 0 Å². The molecule has 0 spiro atoms. The second-order valence-corrected chi connectivity index (χ2v) is 7.71. The molecule has 1 aromatic heterocycles. The SMILES string of the molecule is CCOCc1cc(C)ccc1Oc1cc(C)sc1S(=O)(=O)O. The van der Waals surface area contributed by atoms with Crippen molar-refractivity contribution in [3.05, 3.63) is 40.3 Å². The van der Waals surface area contributed by atoms with Gasteiger partial charge in [0.05, 0.1) is 6.61 Å². The highest BCUT2D eigenvalue weighted by atomic mass is 32.3. The van der Waals surface area contributed by atoms with E-state index in [4.69, 9.17) is 9.47 Å². The van der Waals surface area contributed by atoms with Gasteiger partial charge < -0.3 is 9.47 Å². The van der Waals surface area contributed by atoms with Crippen LogP contribution >= 0.6 is 11.3 Å². The minimum absolute atomic E-state index is 0.131. The predicted molar refractivity (Wildman–Crippen MR) is 85.5 cm³/mol. The molecule has 1 aromatic carbocycles. The zero-order valence-electron chi connectivity index (χ0n) is 12.6. The molecule has 1 N–H and O–H groups in total. The van der Waals surface area contributed by atoms with E-state index in [0.717, 1.165) is 27.3 Å². The number of hydrogen-bond donors (Lipinski definition) is 1. The van der Waals surface area contributed by atoms with Gasteiger partial charge in [0.1, 0.15) is 5.75 Å². The molecule has 22 heavy (non-hydrogen) atoms. The molecule has 0 amide bonds. The summed E-state index contributed by atoms with van der Waals surface area (Å²) >= 11 is 0.973. The van der Waals surface area contributed by atoms with Crippen LogP contribution in [0.3, 0.4) is 0 Å². The van der Waals surface area contributed by atoms with Gasteiger partial charge in [0.2, 0.25) is 0 Å². The Labute approximate surface area is 134 Å². The third kappa shape index (κ3) is 4.07. The van der Waals surface area contributed by atoms with E-state index in [1.54, 1.807) is 19.1 Å². The number of aryl methyl sites for hydroxylation is 2. The number of rotatable bonds is 6. The fraction of sp³-hybridized carbons (Fsp3) is 0.333. The Morgan fingerprint density at radius 1 is 1.18 bits per heavy atom. The van der Waals surface area contributed by atoms with E-state index in [9.17, 15) is 13.0 Å². The van der Waals surface area contributed by atoms with Crippen molar-refractivity contribution in [1.29, 1.82) is 0 Å². The van der Waals surface area contributed by atoms with Gasteiger partial charge in [0, 0.05) is 17.0 Å². The zero-order valence-corrected chi connectivity index (χ0v) is 14.3. The van der Waals surface area contributed by atoms with Crippen molar-refractivity contribution in [2.45, 2.75) is 31.6 Å². The minimum atomic E-state index is -4.31. The Morgan fingerprint density at radius 2 is 1.91 bits per heavy atom. The lowest BCUT2D eigenvalue weighted by Crippen LogP contribution is -2.00. The summed E-state index contributed by atoms with van der Waals surface area (Å²) in [5, 5.41) is 0. The van der Waals surface area contributed by atoms with E-state index in [2.05, 4.69) is 0 Å². The van der Waals surface area contributed by atoms with Crippen LogP contribution in [0.4, 0.5) is 0 Å². The molecule has 0 unspecified atom stereocenters. The van der Waals surface area contributed by atoms with Crippen LogP contribution in [0.1, 0.15) is 22.9 Å². The minimum Gasteiger partial charge on any atom is -0.455 e. The molecular formula is C15H18O5S2. The van der Waals surface area contributed by atoms with Crippen LogP contribution < -0.4 is 4.74 Å². The van der Waals surface area contributed by atoms with Gasteiger partial charge in [0.25, 0.3) is 0 Å². The molecule has 2 rings (SSSR count). The lowest BCUT2D eigenvalue weighted by Gasteiger charge is -2.12. The second-order valence-electron chi connectivity index (χ2n) is 4.83. The first-order valence-corrected chi connectivity index (χ1v) is 9.00. The molecule has 7 heteroatoms. The molecule has 120 valence electrons. The van der Waals surface area contributed by atoms with Crippen LogP contribution in [0.2, 0.25) is 0 Å². The summed E-state index contributed by atoms with van der Waals surface area (Å²) < 4.78 is 43.1. The summed E-state index contributed by atoms with van der Waals surface area (Å²) in [6.45, 7) is 6.55. The maximum Gasteiger partial charge on any atom is 0.307 e. The first-order chi connectivity index (χ1) is 10.3. The normalized spacial score (nSPS) is 11.6. The van der Waals surface area contributed by atoms with Crippen LogP contribution in [0.25, 0.3) is 0 Å². The largest absolute Gasteiger partial charge is 0.455 e. The van der Waals surface area contributed by atoms with Crippen molar-refractivity contribution >= 4 is 21.5 Å². The van der Waals surface area contributed by atoms with E-state index in [1.807, 2.05) is 26.0 Å². The van der Waals surface area contributed by atoms with Gasteiger partial charge >= 0.3 is 10.1 Å². The van der Waals surface area contributed by atoms with Gasteiger partial charge in [-0.2, -0.15) is 8.42 Å². The van der Waals surface area contributed by atoms with E-state index in [-0.39, 0.29) is 9.96 Å². The first-order valence-electron chi connectivity index (χ1n) is 6.74. The second kappa shape index (κ2) is 6.78. The number of thiophene rings is 1.